The zero-order valence-corrected chi connectivity index (χ0v) is 7.93. The third-order valence-electron chi connectivity index (χ3n) is 1.83. The molecule has 0 fully saturated rings. The zero-order valence-electron chi connectivity index (χ0n) is 7.93. The molecule has 11 heavy (non-hydrogen) atoms. The van der Waals surface area contributed by atoms with Crippen molar-refractivity contribution < 1.29 is 9.47 Å². The molecule has 2 heteroatoms. The molecule has 0 aliphatic heterocycles. The lowest BCUT2D eigenvalue weighted by Crippen LogP contribution is -2.09. The molecule has 0 aromatic rings. The Hall–Kier alpha value is -0.0800. The van der Waals surface area contributed by atoms with Gasteiger partial charge in [-0.25, -0.2) is 0 Å². The molecule has 0 saturated carbocycles. The number of hydrogen-bond acceptors (Lipinski definition) is 2. The zero-order chi connectivity index (χ0) is 8.53. The summed E-state index contributed by atoms with van der Waals surface area (Å²) in [4.78, 5) is 0. The van der Waals surface area contributed by atoms with Gasteiger partial charge in [0.05, 0.1) is 6.61 Å². The first-order valence-corrected chi connectivity index (χ1v) is 4.41. The fourth-order valence-electron chi connectivity index (χ4n) is 1.11. The van der Waals surface area contributed by atoms with E-state index in [1.807, 2.05) is 0 Å². The molecule has 0 heterocycles. The summed E-state index contributed by atoms with van der Waals surface area (Å²) in [5.41, 5.74) is 0. The normalized spacial score (nSPS) is 13.4. The van der Waals surface area contributed by atoms with Crippen LogP contribution >= 0.6 is 0 Å². The van der Waals surface area contributed by atoms with Gasteiger partial charge < -0.3 is 9.47 Å². The van der Waals surface area contributed by atoms with Crippen molar-refractivity contribution in [3.63, 3.8) is 0 Å². The Labute approximate surface area is 69.9 Å². The second kappa shape index (κ2) is 8.02. The molecule has 0 spiro atoms. The molecule has 0 N–H and O–H groups in total. The van der Waals surface area contributed by atoms with E-state index in [4.69, 9.17) is 9.47 Å². The van der Waals surface area contributed by atoms with Crippen LogP contribution in [-0.4, -0.2) is 20.5 Å². The van der Waals surface area contributed by atoms with Crippen molar-refractivity contribution in [2.75, 3.05) is 20.5 Å². The first kappa shape index (κ1) is 10.9. The van der Waals surface area contributed by atoms with E-state index in [-0.39, 0.29) is 0 Å². The second-order valence-corrected chi connectivity index (χ2v) is 2.84. The van der Waals surface area contributed by atoms with E-state index in [2.05, 4.69) is 13.8 Å². The molecule has 1 atom stereocenters. The van der Waals surface area contributed by atoms with Crippen molar-refractivity contribution in [3.8, 4) is 0 Å². The van der Waals surface area contributed by atoms with E-state index >= 15 is 0 Å². The highest BCUT2D eigenvalue weighted by Gasteiger charge is 2.03. The average molecular weight is 160 g/mol. The van der Waals surface area contributed by atoms with Crippen molar-refractivity contribution in [2.24, 2.45) is 5.92 Å². The fourth-order valence-corrected chi connectivity index (χ4v) is 1.11. The Balaban J connectivity index is 3.20. The van der Waals surface area contributed by atoms with Gasteiger partial charge in [0, 0.05) is 7.11 Å². The van der Waals surface area contributed by atoms with E-state index < -0.39 is 0 Å². The Morgan fingerprint density at radius 2 is 2.00 bits per heavy atom. The van der Waals surface area contributed by atoms with Crippen LogP contribution in [0.3, 0.4) is 0 Å². The van der Waals surface area contributed by atoms with E-state index in [0.717, 1.165) is 12.5 Å². The third-order valence-corrected chi connectivity index (χ3v) is 1.83. The van der Waals surface area contributed by atoms with Crippen LogP contribution in [0.4, 0.5) is 0 Å². The summed E-state index contributed by atoms with van der Waals surface area (Å²) in [7, 11) is 1.65. The molecule has 0 bridgehead atoms. The number of methoxy groups -OCH3 is 1. The minimum absolute atomic E-state index is 0.431. The van der Waals surface area contributed by atoms with Crippen molar-refractivity contribution in [1.82, 2.24) is 0 Å². The van der Waals surface area contributed by atoms with Gasteiger partial charge in [-0.2, -0.15) is 0 Å². The Bertz CT molecular complexity index is 74.0. The summed E-state index contributed by atoms with van der Waals surface area (Å²) in [5.74, 6) is 0.718. The molecule has 0 aromatic carbocycles. The minimum atomic E-state index is 0.431. The van der Waals surface area contributed by atoms with Crippen LogP contribution < -0.4 is 0 Å². The van der Waals surface area contributed by atoms with Crippen molar-refractivity contribution in [3.05, 3.63) is 0 Å². The SMILES string of the molecule is CCCC(CC)COCOC. The van der Waals surface area contributed by atoms with E-state index in [1.54, 1.807) is 7.11 Å². The summed E-state index contributed by atoms with van der Waals surface area (Å²) >= 11 is 0. The molecule has 68 valence electrons. The largest absolute Gasteiger partial charge is 0.359 e. The predicted octanol–water partition coefficient (Wildman–Crippen LogP) is 2.43. The Morgan fingerprint density at radius 1 is 1.27 bits per heavy atom. The minimum Gasteiger partial charge on any atom is -0.359 e. The smallest absolute Gasteiger partial charge is 0.146 e. The van der Waals surface area contributed by atoms with Crippen LogP contribution in [0.1, 0.15) is 33.1 Å². The number of hydrogen-bond donors (Lipinski definition) is 0. The van der Waals surface area contributed by atoms with Crippen molar-refractivity contribution >= 4 is 0 Å². The first-order valence-electron chi connectivity index (χ1n) is 4.41. The number of ether oxygens (including phenoxy) is 2. The third kappa shape index (κ3) is 6.32. The van der Waals surface area contributed by atoms with Crippen LogP contribution in [0.2, 0.25) is 0 Å². The van der Waals surface area contributed by atoms with Crippen molar-refractivity contribution in [2.45, 2.75) is 33.1 Å². The maximum atomic E-state index is 5.27. The highest BCUT2D eigenvalue weighted by Crippen LogP contribution is 2.10. The average Bonchev–Trinajstić information content (AvgIpc) is 2.03. The van der Waals surface area contributed by atoms with Crippen LogP contribution in [0.15, 0.2) is 0 Å². The van der Waals surface area contributed by atoms with Crippen LogP contribution in [0.5, 0.6) is 0 Å². The van der Waals surface area contributed by atoms with Crippen LogP contribution in [0.25, 0.3) is 0 Å². The lowest BCUT2D eigenvalue weighted by molar-refractivity contribution is -0.0446. The van der Waals surface area contributed by atoms with Gasteiger partial charge in [0.2, 0.25) is 0 Å². The lowest BCUT2D eigenvalue weighted by atomic mass is 10.0. The molecule has 0 saturated heterocycles. The Kier molecular flexibility index (Phi) is 7.96. The summed E-state index contributed by atoms with van der Waals surface area (Å²) in [6, 6.07) is 0. The van der Waals surface area contributed by atoms with E-state index in [0.29, 0.717) is 6.79 Å². The molecule has 0 rings (SSSR count). The van der Waals surface area contributed by atoms with E-state index in [1.165, 1.54) is 19.3 Å². The molecule has 0 amide bonds. The van der Waals surface area contributed by atoms with E-state index in [9.17, 15) is 0 Å². The highest BCUT2D eigenvalue weighted by atomic mass is 16.7. The summed E-state index contributed by atoms with van der Waals surface area (Å²) in [6.45, 7) is 5.69. The summed E-state index contributed by atoms with van der Waals surface area (Å²) in [6.07, 6.45) is 3.71. The molecule has 2 nitrogen and oxygen atoms in total. The highest BCUT2D eigenvalue weighted by molar-refractivity contribution is 4.53. The topological polar surface area (TPSA) is 18.5 Å². The van der Waals surface area contributed by atoms with Gasteiger partial charge in [0.15, 0.2) is 0 Å². The van der Waals surface area contributed by atoms with Gasteiger partial charge >= 0.3 is 0 Å². The quantitative estimate of drug-likeness (QED) is 0.420. The Morgan fingerprint density at radius 3 is 2.45 bits per heavy atom. The van der Waals surface area contributed by atoms with Gasteiger partial charge in [-0.3, -0.25) is 0 Å². The van der Waals surface area contributed by atoms with Crippen LogP contribution in [0, 0.1) is 5.92 Å². The predicted molar refractivity (Wildman–Crippen MR) is 46.5 cm³/mol. The standard InChI is InChI=1S/C9H20O2/c1-4-6-9(5-2)7-11-8-10-3/h9H,4-8H2,1-3H3. The lowest BCUT2D eigenvalue weighted by Gasteiger charge is -2.12. The molecule has 0 aromatic heterocycles. The fraction of sp³-hybridized carbons (Fsp3) is 1.00. The maximum Gasteiger partial charge on any atom is 0.146 e. The molecular weight excluding hydrogens is 140 g/mol. The van der Waals surface area contributed by atoms with Gasteiger partial charge in [-0.1, -0.05) is 26.7 Å². The van der Waals surface area contributed by atoms with Crippen LogP contribution in [-0.2, 0) is 9.47 Å². The van der Waals surface area contributed by atoms with Gasteiger partial charge in [0.25, 0.3) is 0 Å². The number of rotatable bonds is 7. The molecule has 1 unspecified atom stereocenters. The van der Waals surface area contributed by atoms with Crippen molar-refractivity contribution in [1.29, 1.82) is 0 Å². The maximum absolute atomic E-state index is 5.27. The van der Waals surface area contributed by atoms with Gasteiger partial charge in [-0.15, -0.1) is 0 Å². The molecule has 0 radical (unpaired) electrons. The first-order chi connectivity index (χ1) is 5.35. The second-order valence-electron chi connectivity index (χ2n) is 2.84. The van der Waals surface area contributed by atoms with Gasteiger partial charge in [-0.05, 0) is 12.3 Å². The monoisotopic (exact) mass is 160 g/mol. The summed E-state index contributed by atoms with van der Waals surface area (Å²) < 4.78 is 10.1. The molecule has 0 aliphatic rings. The summed E-state index contributed by atoms with van der Waals surface area (Å²) in [5, 5.41) is 0. The van der Waals surface area contributed by atoms with Gasteiger partial charge in [0.1, 0.15) is 6.79 Å². The molecule has 0 aliphatic carbocycles. The molecular formula is C9H20O2.